The largest absolute Gasteiger partial charge is 0.334 e. The van der Waals surface area contributed by atoms with Gasteiger partial charge in [0.2, 0.25) is 5.78 Å². The van der Waals surface area contributed by atoms with Crippen molar-refractivity contribution >= 4 is 11.7 Å². The maximum atomic E-state index is 11.7. The van der Waals surface area contributed by atoms with Gasteiger partial charge in [-0.05, 0) is 26.2 Å². The first kappa shape index (κ1) is 11.2. The van der Waals surface area contributed by atoms with Crippen molar-refractivity contribution in [2.45, 2.75) is 40.2 Å². The average molecular weight is 197 g/mol. The molecule has 0 spiro atoms. The van der Waals surface area contributed by atoms with Gasteiger partial charge in [-0.1, -0.05) is 13.8 Å². The molecule has 0 aromatic carbocycles. The number of hydrogen-bond donors (Lipinski definition) is 0. The van der Waals surface area contributed by atoms with E-state index in [0.717, 1.165) is 13.0 Å². The van der Waals surface area contributed by atoms with E-state index in [1.165, 1.54) is 0 Å². The van der Waals surface area contributed by atoms with Crippen molar-refractivity contribution in [1.29, 1.82) is 0 Å². The Labute approximate surface area is 85.5 Å². The van der Waals surface area contributed by atoms with Gasteiger partial charge in [0.25, 0.3) is 5.91 Å². The summed E-state index contributed by atoms with van der Waals surface area (Å²) in [5, 5.41) is 0. The molecule has 1 fully saturated rings. The van der Waals surface area contributed by atoms with Crippen molar-refractivity contribution in [2.24, 2.45) is 11.8 Å². The Hall–Kier alpha value is -0.860. The highest BCUT2D eigenvalue weighted by Crippen LogP contribution is 2.23. The third-order valence-corrected chi connectivity index (χ3v) is 2.92. The second-order valence-electron chi connectivity index (χ2n) is 4.60. The number of Topliss-reactive ketones (excluding diaryl/α,β-unsaturated/α-hetero) is 1. The maximum absolute atomic E-state index is 11.7. The van der Waals surface area contributed by atoms with Gasteiger partial charge in [0.05, 0.1) is 0 Å². The lowest BCUT2D eigenvalue weighted by atomic mass is 9.85. The molecule has 1 rings (SSSR count). The summed E-state index contributed by atoms with van der Waals surface area (Å²) in [6.07, 6.45) is 0.820. The molecule has 0 aromatic heterocycles. The number of rotatable bonds is 2. The van der Waals surface area contributed by atoms with Crippen LogP contribution < -0.4 is 0 Å². The topological polar surface area (TPSA) is 37.4 Å². The third-order valence-electron chi connectivity index (χ3n) is 2.92. The van der Waals surface area contributed by atoms with Gasteiger partial charge in [0.1, 0.15) is 0 Å². The van der Waals surface area contributed by atoms with Crippen LogP contribution in [-0.4, -0.2) is 29.2 Å². The van der Waals surface area contributed by atoms with Crippen LogP contribution in [0.15, 0.2) is 0 Å². The minimum Gasteiger partial charge on any atom is -0.334 e. The Morgan fingerprint density at radius 1 is 1.21 bits per heavy atom. The summed E-state index contributed by atoms with van der Waals surface area (Å²) in [6.45, 7) is 8.62. The van der Waals surface area contributed by atoms with E-state index in [4.69, 9.17) is 0 Å². The Morgan fingerprint density at radius 3 is 2.21 bits per heavy atom. The van der Waals surface area contributed by atoms with Crippen LogP contribution in [0.4, 0.5) is 0 Å². The molecule has 0 aromatic rings. The van der Waals surface area contributed by atoms with Gasteiger partial charge < -0.3 is 4.90 Å². The molecule has 0 saturated carbocycles. The summed E-state index contributed by atoms with van der Waals surface area (Å²) in [4.78, 5) is 25.0. The molecule has 1 heterocycles. The summed E-state index contributed by atoms with van der Waals surface area (Å²) in [7, 11) is 0. The number of likely N-dealkylation sites (tertiary alicyclic amines) is 1. The van der Waals surface area contributed by atoms with E-state index >= 15 is 0 Å². The predicted molar refractivity (Wildman–Crippen MR) is 54.8 cm³/mol. The van der Waals surface area contributed by atoms with E-state index in [1.807, 2.05) is 27.7 Å². The van der Waals surface area contributed by atoms with Gasteiger partial charge in [-0.15, -0.1) is 0 Å². The van der Waals surface area contributed by atoms with Gasteiger partial charge >= 0.3 is 0 Å². The highest BCUT2D eigenvalue weighted by Gasteiger charge is 2.36. The van der Waals surface area contributed by atoms with Crippen molar-refractivity contribution in [3.05, 3.63) is 0 Å². The van der Waals surface area contributed by atoms with Gasteiger partial charge in [-0.3, -0.25) is 9.59 Å². The number of amides is 1. The molecule has 1 aliphatic rings. The average Bonchev–Trinajstić information content (AvgIpc) is 2.08. The third kappa shape index (κ3) is 1.97. The van der Waals surface area contributed by atoms with Gasteiger partial charge in [0, 0.05) is 18.5 Å². The van der Waals surface area contributed by atoms with Crippen molar-refractivity contribution in [1.82, 2.24) is 4.90 Å². The normalized spacial score (nSPS) is 23.9. The van der Waals surface area contributed by atoms with Crippen molar-refractivity contribution in [2.75, 3.05) is 6.54 Å². The Balaban J connectivity index is 2.75. The summed E-state index contributed by atoms with van der Waals surface area (Å²) in [5.74, 6) is -0.261. The molecular weight excluding hydrogens is 178 g/mol. The van der Waals surface area contributed by atoms with E-state index in [2.05, 4.69) is 0 Å². The van der Waals surface area contributed by atoms with E-state index in [0.29, 0.717) is 0 Å². The fourth-order valence-electron chi connectivity index (χ4n) is 1.94. The van der Waals surface area contributed by atoms with Crippen LogP contribution in [0.3, 0.4) is 0 Å². The molecular formula is C11H19NO2. The monoisotopic (exact) mass is 197 g/mol. The number of ketones is 1. The lowest BCUT2D eigenvalue weighted by Crippen LogP contribution is -2.50. The molecule has 1 aliphatic heterocycles. The standard InChI is InChI=1S/C11H19NO2/c1-7(2)9-5-6-12(8(3)4)11(14)10(9)13/h7-9H,5-6H2,1-4H3. The molecule has 0 aliphatic carbocycles. The van der Waals surface area contributed by atoms with Crippen LogP contribution in [-0.2, 0) is 9.59 Å². The molecule has 1 saturated heterocycles. The van der Waals surface area contributed by atoms with Gasteiger partial charge in [-0.25, -0.2) is 0 Å². The lowest BCUT2D eigenvalue weighted by molar-refractivity contribution is -0.152. The van der Waals surface area contributed by atoms with Crippen molar-refractivity contribution in [3.8, 4) is 0 Å². The zero-order valence-electron chi connectivity index (χ0n) is 9.41. The molecule has 0 N–H and O–H groups in total. The number of nitrogens with zero attached hydrogens (tertiary/aromatic N) is 1. The van der Waals surface area contributed by atoms with E-state index in [-0.39, 0.29) is 29.6 Å². The van der Waals surface area contributed by atoms with Crippen molar-refractivity contribution < 1.29 is 9.59 Å². The minimum atomic E-state index is -0.287. The summed E-state index contributed by atoms with van der Waals surface area (Å²) >= 11 is 0. The highest BCUT2D eigenvalue weighted by molar-refractivity contribution is 6.37. The zero-order valence-corrected chi connectivity index (χ0v) is 9.41. The van der Waals surface area contributed by atoms with Crippen LogP contribution >= 0.6 is 0 Å². The molecule has 3 nitrogen and oxygen atoms in total. The number of hydrogen-bond acceptors (Lipinski definition) is 2. The van der Waals surface area contributed by atoms with Gasteiger partial charge in [0.15, 0.2) is 0 Å². The van der Waals surface area contributed by atoms with E-state index < -0.39 is 0 Å². The number of piperidine rings is 1. The Bertz CT molecular complexity index is 220. The van der Waals surface area contributed by atoms with Crippen LogP contribution in [0, 0.1) is 11.8 Å². The maximum Gasteiger partial charge on any atom is 0.290 e. The summed E-state index contributed by atoms with van der Waals surface area (Å²) in [5.41, 5.74) is 0. The zero-order chi connectivity index (χ0) is 10.9. The smallest absolute Gasteiger partial charge is 0.290 e. The van der Waals surface area contributed by atoms with E-state index in [9.17, 15) is 9.59 Å². The minimum absolute atomic E-state index is 0.0579. The molecule has 3 heteroatoms. The molecule has 0 bridgehead atoms. The van der Waals surface area contributed by atoms with Gasteiger partial charge in [-0.2, -0.15) is 0 Å². The fourth-order valence-corrected chi connectivity index (χ4v) is 1.94. The molecule has 80 valence electrons. The Kier molecular flexibility index (Phi) is 3.29. The molecule has 1 amide bonds. The number of carbonyl (C=O) groups is 2. The first-order valence-corrected chi connectivity index (χ1v) is 5.30. The first-order valence-electron chi connectivity index (χ1n) is 5.30. The number of carbonyl (C=O) groups excluding carboxylic acids is 2. The summed E-state index contributed by atoms with van der Waals surface area (Å²) < 4.78 is 0. The van der Waals surface area contributed by atoms with Crippen molar-refractivity contribution in [3.63, 3.8) is 0 Å². The highest BCUT2D eigenvalue weighted by atomic mass is 16.2. The SMILES string of the molecule is CC(C)C1CCN(C(C)C)C(=O)C1=O. The van der Waals surface area contributed by atoms with Crippen LogP contribution in [0.5, 0.6) is 0 Å². The van der Waals surface area contributed by atoms with E-state index in [1.54, 1.807) is 4.90 Å². The molecule has 1 unspecified atom stereocenters. The quantitative estimate of drug-likeness (QED) is 0.629. The predicted octanol–water partition coefficient (Wildman–Crippen LogP) is 1.47. The first-order chi connectivity index (χ1) is 6.45. The van der Waals surface area contributed by atoms with Crippen LogP contribution in [0.1, 0.15) is 34.1 Å². The Morgan fingerprint density at radius 2 is 1.79 bits per heavy atom. The molecule has 0 radical (unpaired) electrons. The molecule has 14 heavy (non-hydrogen) atoms. The second kappa shape index (κ2) is 4.11. The summed E-state index contributed by atoms with van der Waals surface area (Å²) in [6, 6.07) is 0.138. The van der Waals surface area contributed by atoms with Crippen LogP contribution in [0.2, 0.25) is 0 Å². The van der Waals surface area contributed by atoms with Crippen LogP contribution in [0.25, 0.3) is 0 Å². The lowest BCUT2D eigenvalue weighted by Gasteiger charge is -2.34. The molecule has 1 atom stereocenters. The second-order valence-corrected chi connectivity index (χ2v) is 4.60. The fraction of sp³-hybridized carbons (Fsp3) is 0.818.